The van der Waals surface area contributed by atoms with Gasteiger partial charge in [0.2, 0.25) is 0 Å². The molecule has 0 amide bonds. The van der Waals surface area contributed by atoms with Crippen LogP contribution in [0.15, 0.2) is 24.3 Å². The van der Waals surface area contributed by atoms with Gasteiger partial charge in [-0.1, -0.05) is 31.6 Å². The van der Waals surface area contributed by atoms with Crippen LogP contribution < -0.4 is 0 Å². The van der Waals surface area contributed by atoms with Crippen molar-refractivity contribution >= 4 is 5.97 Å². The minimum atomic E-state index is -0.245. The molecule has 0 radical (unpaired) electrons. The molecule has 80 valence electrons. The number of unbranched alkanes of at least 4 members (excludes halogenated alkanes) is 2. The quantitative estimate of drug-likeness (QED) is 0.270. The highest BCUT2D eigenvalue weighted by atomic mass is 16.5. The zero-order chi connectivity index (χ0) is 10.6. The maximum Gasteiger partial charge on any atom is 0.330 e. The lowest BCUT2D eigenvalue weighted by atomic mass is 10.2. The van der Waals surface area contributed by atoms with Gasteiger partial charge in [-0.2, -0.15) is 0 Å². The highest BCUT2D eigenvalue weighted by molar-refractivity contribution is 5.81. The molecule has 14 heavy (non-hydrogen) atoms. The third-order valence-corrected chi connectivity index (χ3v) is 1.66. The lowest BCUT2D eigenvalue weighted by Gasteiger charge is -1.93. The highest BCUT2D eigenvalue weighted by Crippen LogP contribution is 1.96. The van der Waals surface area contributed by atoms with E-state index in [2.05, 4.69) is 19.1 Å². The third-order valence-electron chi connectivity index (χ3n) is 1.66. The van der Waals surface area contributed by atoms with Crippen molar-refractivity contribution < 1.29 is 9.53 Å². The van der Waals surface area contributed by atoms with E-state index in [1.165, 1.54) is 12.5 Å². The molecule has 0 unspecified atom stereocenters. The van der Waals surface area contributed by atoms with Crippen molar-refractivity contribution in [3.63, 3.8) is 0 Å². The Kier molecular flexibility index (Phi) is 9.28. The van der Waals surface area contributed by atoms with Crippen molar-refractivity contribution in [2.24, 2.45) is 0 Å². The molecule has 0 heterocycles. The summed E-state index contributed by atoms with van der Waals surface area (Å²) < 4.78 is 4.74. The van der Waals surface area contributed by atoms with Crippen LogP contribution in [0, 0.1) is 0 Å². The molecule has 0 aromatic heterocycles. The van der Waals surface area contributed by atoms with Gasteiger partial charge in [-0.15, -0.1) is 0 Å². The van der Waals surface area contributed by atoms with Gasteiger partial charge in [-0.05, 0) is 26.2 Å². The summed E-state index contributed by atoms with van der Waals surface area (Å²) in [7, 11) is 0. The van der Waals surface area contributed by atoms with E-state index in [0.29, 0.717) is 6.61 Å². The number of esters is 1. The van der Waals surface area contributed by atoms with E-state index in [0.717, 1.165) is 19.3 Å². The van der Waals surface area contributed by atoms with E-state index in [1.54, 1.807) is 6.92 Å². The van der Waals surface area contributed by atoms with Crippen molar-refractivity contribution in [1.29, 1.82) is 0 Å². The molecule has 0 N–H and O–H groups in total. The molecular formula is C12H20O2. The van der Waals surface area contributed by atoms with E-state index in [9.17, 15) is 4.79 Å². The van der Waals surface area contributed by atoms with Crippen LogP contribution in [0.2, 0.25) is 0 Å². The first-order valence-corrected chi connectivity index (χ1v) is 5.29. The Morgan fingerprint density at radius 2 is 1.71 bits per heavy atom. The summed E-state index contributed by atoms with van der Waals surface area (Å²) in [4.78, 5) is 10.9. The lowest BCUT2D eigenvalue weighted by Crippen LogP contribution is -1.98. The molecule has 0 aliphatic heterocycles. The number of carbonyl (C=O) groups excluding carboxylic acids is 1. The third kappa shape index (κ3) is 9.04. The SMILES string of the molecule is CCC/C=C/CC/C=C/C(=O)OCC. The summed E-state index contributed by atoms with van der Waals surface area (Å²) in [6, 6.07) is 0. The van der Waals surface area contributed by atoms with Gasteiger partial charge in [0.25, 0.3) is 0 Å². The predicted octanol–water partition coefficient (Wildman–Crippen LogP) is 3.24. The second-order valence-corrected chi connectivity index (χ2v) is 2.99. The van der Waals surface area contributed by atoms with Gasteiger partial charge >= 0.3 is 5.97 Å². The number of carbonyl (C=O) groups is 1. The molecule has 0 aromatic rings. The topological polar surface area (TPSA) is 26.3 Å². The fraction of sp³-hybridized carbons (Fsp3) is 0.583. The summed E-state index contributed by atoms with van der Waals surface area (Å²) in [5.74, 6) is -0.245. The first kappa shape index (κ1) is 12.9. The number of hydrogen-bond acceptors (Lipinski definition) is 2. The highest BCUT2D eigenvalue weighted by Gasteiger charge is 1.90. The molecular weight excluding hydrogens is 176 g/mol. The summed E-state index contributed by atoms with van der Waals surface area (Å²) >= 11 is 0. The number of ether oxygens (including phenoxy) is 1. The van der Waals surface area contributed by atoms with Crippen LogP contribution in [0.3, 0.4) is 0 Å². The van der Waals surface area contributed by atoms with Gasteiger partial charge in [0.1, 0.15) is 0 Å². The monoisotopic (exact) mass is 196 g/mol. The van der Waals surface area contributed by atoms with Crippen molar-refractivity contribution in [1.82, 2.24) is 0 Å². The zero-order valence-corrected chi connectivity index (χ0v) is 9.16. The summed E-state index contributed by atoms with van der Waals surface area (Å²) in [6.07, 6.45) is 11.9. The van der Waals surface area contributed by atoms with Gasteiger partial charge in [0.15, 0.2) is 0 Å². The van der Waals surface area contributed by atoms with Crippen molar-refractivity contribution in [2.45, 2.75) is 39.5 Å². The summed E-state index contributed by atoms with van der Waals surface area (Å²) in [6.45, 7) is 4.41. The maximum atomic E-state index is 10.9. The first-order valence-electron chi connectivity index (χ1n) is 5.29. The molecule has 0 bridgehead atoms. The molecule has 0 saturated carbocycles. The molecule has 0 atom stereocenters. The van der Waals surface area contributed by atoms with Crippen LogP contribution in [0.5, 0.6) is 0 Å². The largest absolute Gasteiger partial charge is 0.463 e. The Morgan fingerprint density at radius 1 is 1.07 bits per heavy atom. The second kappa shape index (κ2) is 10.0. The van der Waals surface area contributed by atoms with E-state index < -0.39 is 0 Å². The van der Waals surface area contributed by atoms with Gasteiger partial charge in [0, 0.05) is 6.08 Å². The van der Waals surface area contributed by atoms with Gasteiger partial charge < -0.3 is 4.74 Å². The van der Waals surface area contributed by atoms with Crippen LogP contribution in [-0.2, 0) is 9.53 Å². The fourth-order valence-electron chi connectivity index (χ4n) is 0.965. The van der Waals surface area contributed by atoms with Crippen LogP contribution in [0.4, 0.5) is 0 Å². The molecule has 2 heteroatoms. The predicted molar refractivity (Wildman–Crippen MR) is 59.1 cm³/mol. The Bertz CT molecular complexity index is 192. The Morgan fingerprint density at radius 3 is 2.36 bits per heavy atom. The minimum Gasteiger partial charge on any atom is -0.463 e. The van der Waals surface area contributed by atoms with E-state index >= 15 is 0 Å². The van der Waals surface area contributed by atoms with E-state index in [4.69, 9.17) is 4.74 Å². The van der Waals surface area contributed by atoms with Gasteiger partial charge in [0.05, 0.1) is 6.61 Å². The smallest absolute Gasteiger partial charge is 0.330 e. The van der Waals surface area contributed by atoms with Gasteiger partial charge in [-0.3, -0.25) is 0 Å². The van der Waals surface area contributed by atoms with Crippen LogP contribution >= 0.6 is 0 Å². The van der Waals surface area contributed by atoms with Crippen molar-refractivity contribution in [3.8, 4) is 0 Å². The first-order chi connectivity index (χ1) is 6.81. The normalized spacial score (nSPS) is 11.3. The maximum absolute atomic E-state index is 10.9. The summed E-state index contributed by atoms with van der Waals surface area (Å²) in [5, 5.41) is 0. The zero-order valence-electron chi connectivity index (χ0n) is 9.16. The average molecular weight is 196 g/mol. The molecule has 0 saturated heterocycles. The average Bonchev–Trinajstić information content (AvgIpc) is 2.17. The van der Waals surface area contributed by atoms with Crippen molar-refractivity contribution in [3.05, 3.63) is 24.3 Å². The Labute approximate surface area is 86.6 Å². The molecule has 0 fully saturated rings. The molecule has 2 nitrogen and oxygen atoms in total. The Hall–Kier alpha value is -1.05. The van der Waals surface area contributed by atoms with E-state index in [-0.39, 0.29) is 5.97 Å². The number of hydrogen-bond donors (Lipinski definition) is 0. The number of allylic oxidation sites excluding steroid dienone is 3. The molecule has 0 aliphatic rings. The lowest BCUT2D eigenvalue weighted by molar-refractivity contribution is -0.137. The standard InChI is InChI=1S/C12H20O2/c1-3-5-6-7-8-9-10-11-12(13)14-4-2/h6-7,10-11H,3-5,8-9H2,1-2H3/b7-6+,11-10+. The van der Waals surface area contributed by atoms with Crippen LogP contribution in [-0.4, -0.2) is 12.6 Å². The fourth-order valence-corrected chi connectivity index (χ4v) is 0.965. The number of rotatable bonds is 7. The minimum absolute atomic E-state index is 0.245. The molecule has 0 aromatic carbocycles. The van der Waals surface area contributed by atoms with E-state index in [1.807, 2.05) is 6.08 Å². The van der Waals surface area contributed by atoms with Crippen LogP contribution in [0.1, 0.15) is 39.5 Å². The van der Waals surface area contributed by atoms with Crippen LogP contribution in [0.25, 0.3) is 0 Å². The van der Waals surface area contributed by atoms with Gasteiger partial charge in [-0.25, -0.2) is 4.79 Å². The molecule has 0 spiro atoms. The Balaban J connectivity index is 3.39. The van der Waals surface area contributed by atoms with Crippen molar-refractivity contribution in [2.75, 3.05) is 6.61 Å². The second-order valence-electron chi connectivity index (χ2n) is 2.99. The molecule has 0 aliphatic carbocycles. The molecule has 0 rings (SSSR count). The summed E-state index contributed by atoms with van der Waals surface area (Å²) in [5.41, 5.74) is 0.